The molecule has 0 amide bonds. The summed E-state index contributed by atoms with van der Waals surface area (Å²) < 4.78 is 14.5. The van der Waals surface area contributed by atoms with Gasteiger partial charge in [0.1, 0.15) is 0 Å². The maximum absolute atomic E-state index is 10.2. The van der Waals surface area contributed by atoms with Crippen molar-refractivity contribution in [2.24, 2.45) is 5.92 Å². The average Bonchev–Trinajstić information content (AvgIpc) is 2.36. The predicted octanol–water partition coefficient (Wildman–Crippen LogP) is 1.23. The monoisotopic (exact) mass is 190 g/mol. The molecule has 0 bridgehead atoms. The van der Waals surface area contributed by atoms with Gasteiger partial charge in [-0.15, -0.1) is 0 Å². The SMILES string of the molecule is O=P(O)(O)OCCC1C=CC=C1. The summed E-state index contributed by atoms with van der Waals surface area (Å²) in [4.78, 5) is 16.7. The van der Waals surface area contributed by atoms with Gasteiger partial charge in [-0.1, -0.05) is 24.3 Å². The van der Waals surface area contributed by atoms with E-state index < -0.39 is 7.82 Å². The topological polar surface area (TPSA) is 66.8 Å². The third-order valence-electron chi connectivity index (χ3n) is 1.54. The van der Waals surface area contributed by atoms with E-state index in [1.807, 2.05) is 24.3 Å². The van der Waals surface area contributed by atoms with Gasteiger partial charge in [0, 0.05) is 0 Å². The van der Waals surface area contributed by atoms with E-state index in [0.717, 1.165) is 0 Å². The van der Waals surface area contributed by atoms with Gasteiger partial charge in [-0.2, -0.15) is 0 Å². The molecule has 0 radical (unpaired) electrons. The Kier molecular flexibility index (Phi) is 3.23. The second-order valence-electron chi connectivity index (χ2n) is 2.55. The lowest BCUT2D eigenvalue weighted by atomic mass is 10.1. The van der Waals surface area contributed by atoms with Crippen LogP contribution in [-0.2, 0) is 9.09 Å². The third kappa shape index (κ3) is 3.83. The Morgan fingerprint density at radius 2 is 1.92 bits per heavy atom. The van der Waals surface area contributed by atoms with Crippen LogP contribution in [0.5, 0.6) is 0 Å². The maximum Gasteiger partial charge on any atom is 0.469 e. The van der Waals surface area contributed by atoms with Crippen LogP contribution >= 0.6 is 7.82 Å². The first-order chi connectivity index (χ1) is 5.58. The lowest BCUT2D eigenvalue weighted by Gasteiger charge is -2.06. The molecule has 1 rings (SSSR count). The van der Waals surface area contributed by atoms with E-state index in [4.69, 9.17) is 9.79 Å². The van der Waals surface area contributed by atoms with Crippen LogP contribution in [0.25, 0.3) is 0 Å². The maximum atomic E-state index is 10.2. The molecular formula is C7H11O4P. The van der Waals surface area contributed by atoms with Crippen LogP contribution in [-0.4, -0.2) is 16.4 Å². The molecule has 0 fully saturated rings. The fourth-order valence-electron chi connectivity index (χ4n) is 0.978. The summed E-state index contributed by atoms with van der Waals surface area (Å²) >= 11 is 0. The van der Waals surface area contributed by atoms with Gasteiger partial charge in [0.15, 0.2) is 0 Å². The normalized spacial score (nSPS) is 17.5. The van der Waals surface area contributed by atoms with E-state index in [0.29, 0.717) is 6.42 Å². The van der Waals surface area contributed by atoms with Gasteiger partial charge in [-0.05, 0) is 12.3 Å². The van der Waals surface area contributed by atoms with Gasteiger partial charge in [0.2, 0.25) is 0 Å². The molecule has 0 saturated carbocycles. The van der Waals surface area contributed by atoms with Crippen molar-refractivity contribution in [1.29, 1.82) is 0 Å². The summed E-state index contributed by atoms with van der Waals surface area (Å²) in [6.45, 7) is 0.0869. The van der Waals surface area contributed by atoms with Crippen molar-refractivity contribution in [2.45, 2.75) is 6.42 Å². The molecule has 1 aliphatic carbocycles. The van der Waals surface area contributed by atoms with E-state index in [2.05, 4.69) is 4.52 Å². The van der Waals surface area contributed by atoms with E-state index in [1.54, 1.807) is 0 Å². The minimum absolute atomic E-state index is 0.0869. The lowest BCUT2D eigenvalue weighted by Crippen LogP contribution is -1.97. The molecule has 5 heteroatoms. The minimum Gasteiger partial charge on any atom is -0.303 e. The van der Waals surface area contributed by atoms with Gasteiger partial charge >= 0.3 is 7.82 Å². The molecule has 2 N–H and O–H groups in total. The van der Waals surface area contributed by atoms with Gasteiger partial charge in [-0.25, -0.2) is 4.57 Å². The van der Waals surface area contributed by atoms with Crippen molar-refractivity contribution in [3.05, 3.63) is 24.3 Å². The van der Waals surface area contributed by atoms with E-state index in [-0.39, 0.29) is 12.5 Å². The average molecular weight is 190 g/mol. The van der Waals surface area contributed by atoms with E-state index >= 15 is 0 Å². The van der Waals surface area contributed by atoms with Gasteiger partial charge in [-0.3, -0.25) is 4.52 Å². The second-order valence-corrected chi connectivity index (χ2v) is 3.79. The standard InChI is InChI=1S/C7H11O4P/c8-12(9,10)11-6-5-7-3-1-2-4-7/h1-4,7H,5-6H2,(H2,8,9,10). The Bertz CT molecular complexity index is 228. The minimum atomic E-state index is -4.27. The first kappa shape index (κ1) is 9.68. The highest BCUT2D eigenvalue weighted by atomic mass is 31.2. The summed E-state index contributed by atoms with van der Waals surface area (Å²) in [5.74, 6) is 0.261. The second kappa shape index (κ2) is 4.01. The summed E-state index contributed by atoms with van der Waals surface area (Å²) in [6, 6.07) is 0. The molecule has 4 nitrogen and oxygen atoms in total. The molecule has 0 aromatic rings. The highest BCUT2D eigenvalue weighted by Crippen LogP contribution is 2.36. The summed E-state index contributed by atoms with van der Waals surface area (Å²) in [5, 5.41) is 0. The molecule has 0 aromatic heterocycles. The van der Waals surface area contributed by atoms with Gasteiger partial charge in [0.25, 0.3) is 0 Å². The molecule has 0 aromatic carbocycles. The zero-order chi connectivity index (χ0) is 9.03. The Morgan fingerprint density at radius 3 is 2.42 bits per heavy atom. The van der Waals surface area contributed by atoms with Crippen molar-refractivity contribution in [1.82, 2.24) is 0 Å². The molecule has 68 valence electrons. The molecule has 0 saturated heterocycles. The highest BCUT2D eigenvalue weighted by Gasteiger charge is 2.14. The molecule has 0 unspecified atom stereocenters. The Balaban J connectivity index is 2.15. The zero-order valence-electron chi connectivity index (χ0n) is 6.46. The predicted molar refractivity (Wildman–Crippen MR) is 44.4 cm³/mol. The van der Waals surface area contributed by atoms with Crippen molar-refractivity contribution in [2.75, 3.05) is 6.61 Å². The van der Waals surface area contributed by atoms with Crippen LogP contribution in [0.2, 0.25) is 0 Å². The van der Waals surface area contributed by atoms with E-state index in [9.17, 15) is 4.57 Å². The summed E-state index contributed by atoms with van der Waals surface area (Å²) in [5.41, 5.74) is 0. The first-order valence-electron chi connectivity index (χ1n) is 3.63. The van der Waals surface area contributed by atoms with Gasteiger partial charge < -0.3 is 9.79 Å². The van der Waals surface area contributed by atoms with E-state index in [1.165, 1.54) is 0 Å². The van der Waals surface area contributed by atoms with Crippen LogP contribution in [0.3, 0.4) is 0 Å². The van der Waals surface area contributed by atoms with Crippen LogP contribution in [0.15, 0.2) is 24.3 Å². The van der Waals surface area contributed by atoms with Crippen LogP contribution in [0.4, 0.5) is 0 Å². The number of allylic oxidation sites excluding steroid dienone is 4. The number of rotatable bonds is 4. The number of hydrogen-bond acceptors (Lipinski definition) is 2. The van der Waals surface area contributed by atoms with Crippen molar-refractivity contribution in [3.8, 4) is 0 Å². The Labute approximate surface area is 70.8 Å². The van der Waals surface area contributed by atoms with Crippen molar-refractivity contribution in [3.63, 3.8) is 0 Å². The largest absolute Gasteiger partial charge is 0.469 e. The summed E-state index contributed by atoms with van der Waals surface area (Å²) in [7, 11) is -4.27. The number of phosphoric ester groups is 1. The quantitative estimate of drug-likeness (QED) is 0.654. The molecule has 0 spiro atoms. The molecule has 0 aliphatic heterocycles. The smallest absolute Gasteiger partial charge is 0.303 e. The third-order valence-corrected chi connectivity index (χ3v) is 2.06. The molecule has 12 heavy (non-hydrogen) atoms. The molecule has 0 heterocycles. The fourth-order valence-corrected chi connectivity index (χ4v) is 1.32. The summed E-state index contributed by atoms with van der Waals surface area (Å²) in [6.07, 6.45) is 8.34. The van der Waals surface area contributed by atoms with Crippen LogP contribution in [0.1, 0.15) is 6.42 Å². The molecular weight excluding hydrogens is 179 g/mol. The van der Waals surface area contributed by atoms with Crippen molar-refractivity contribution < 1.29 is 18.9 Å². The van der Waals surface area contributed by atoms with Crippen molar-refractivity contribution >= 4 is 7.82 Å². The van der Waals surface area contributed by atoms with Crippen LogP contribution < -0.4 is 0 Å². The first-order valence-corrected chi connectivity index (χ1v) is 5.16. The number of hydrogen-bond donors (Lipinski definition) is 2. The fraction of sp³-hybridized carbons (Fsp3) is 0.429. The highest BCUT2D eigenvalue weighted by molar-refractivity contribution is 7.46. The Hall–Kier alpha value is -0.410. The number of phosphoric acid groups is 1. The zero-order valence-corrected chi connectivity index (χ0v) is 7.35. The Morgan fingerprint density at radius 1 is 1.33 bits per heavy atom. The molecule has 1 aliphatic rings. The lowest BCUT2D eigenvalue weighted by molar-refractivity contribution is 0.192. The van der Waals surface area contributed by atoms with Gasteiger partial charge in [0.05, 0.1) is 6.61 Å². The van der Waals surface area contributed by atoms with Crippen LogP contribution in [0, 0.1) is 5.92 Å². The molecule has 0 atom stereocenters.